The Morgan fingerprint density at radius 1 is 1.09 bits per heavy atom. The number of nitrogens with one attached hydrogen (secondary N) is 1. The van der Waals surface area contributed by atoms with Crippen LogP contribution in [0.15, 0.2) is 40.8 Å². The fourth-order valence-corrected chi connectivity index (χ4v) is 2.55. The smallest absolute Gasteiger partial charge is 0.231 e. The maximum absolute atomic E-state index is 13.4. The highest BCUT2D eigenvalue weighted by Gasteiger charge is 2.33. The number of nitrogens with zero attached hydrogens (tertiary/aromatic N) is 2. The van der Waals surface area contributed by atoms with Crippen LogP contribution in [-0.4, -0.2) is 21.5 Å². The molecule has 0 unspecified atom stereocenters. The lowest BCUT2D eigenvalue weighted by atomic mass is 10.0. The summed E-state index contributed by atoms with van der Waals surface area (Å²) in [6.07, 6.45) is 2.69. The molecule has 5 nitrogen and oxygen atoms in total. The Hall–Kier alpha value is -2.41. The van der Waals surface area contributed by atoms with E-state index < -0.39 is 17.4 Å². The van der Waals surface area contributed by atoms with E-state index in [2.05, 4.69) is 31.2 Å². The number of aryl methyl sites for hydroxylation is 1. The van der Waals surface area contributed by atoms with E-state index in [-0.39, 0.29) is 21.6 Å². The normalized spacial score (nSPS) is 14.1. The number of carbonyl (C=O) groups excluding carboxylic acids is 2. The minimum atomic E-state index is -0.474. The third-order valence-electron chi connectivity index (χ3n) is 3.23. The van der Waals surface area contributed by atoms with Gasteiger partial charge in [0.2, 0.25) is 11.6 Å². The Labute approximate surface area is 133 Å². The zero-order valence-electron chi connectivity index (χ0n) is 11.4. The number of allylic oxidation sites excluding steroid dienone is 2. The van der Waals surface area contributed by atoms with E-state index in [1.165, 1.54) is 24.5 Å². The predicted molar refractivity (Wildman–Crippen MR) is 81.4 cm³/mol. The van der Waals surface area contributed by atoms with Gasteiger partial charge in [-0.05, 0) is 40.5 Å². The van der Waals surface area contributed by atoms with E-state index in [4.69, 9.17) is 0 Å². The van der Waals surface area contributed by atoms with Crippen LogP contribution in [-0.2, 0) is 0 Å². The number of anilines is 1. The summed E-state index contributed by atoms with van der Waals surface area (Å²) in [5, 5.41) is 2.82. The van der Waals surface area contributed by atoms with Gasteiger partial charge in [0.1, 0.15) is 22.9 Å². The summed E-state index contributed by atoms with van der Waals surface area (Å²) >= 11 is 3.12. The number of carbonyl (C=O) groups is 2. The molecular weight excluding hydrogens is 353 g/mol. The van der Waals surface area contributed by atoms with Crippen LogP contribution >= 0.6 is 15.9 Å². The lowest BCUT2D eigenvalue weighted by Gasteiger charge is -2.18. The van der Waals surface area contributed by atoms with Gasteiger partial charge in [0.05, 0.1) is 4.48 Å². The molecular formula is C15H9BrFN3O2. The van der Waals surface area contributed by atoms with Crippen LogP contribution in [0.25, 0.3) is 0 Å². The molecule has 110 valence electrons. The molecule has 0 amide bonds. The van der Waals surface area contributed by atoms with Gasteiger partial charge in [0.25, 0.3) is 0 Å². The largest absolute Gasteiger partial charge is 0.351 e. The van der Waals surface area contributed by atoms with Crippen molar-refractivity contribution < 1.29 is 14.0 Å². The van der Waals surface area contributed by atoms with Gasteiger partial charge in [-0.3, -0.25) is 9.59 Å². The van der Waals surface area contributed by atoms with Gasteiger partial charge in [-0.1, -0.05) is 6.07 Å². The van der Waals surface area contributed by atoms with Gasteiger partial charge in [0, 0.05) is 18.1 Å². The summed E-state index contributed by atoms with van der Waals surface area (Å²) < 4.78 is 13.4. The van der Waals surface area contributed by atoms with Crippen LogP contribution in [0.2, 0.25) is 0 Å². The van der Waals surface area contributed by atoms with Crippen LogP contribution in [0.3, 0.4) is 0 Å². The third kappa shape index (κ3) is 2.33. The molecule has 1 aromatic heterocycles. The van der Waals surface area contributed by atoms with Crippen molar-refractivity contribution in [2.75, 3.05) is 5.32 Å². The molecule has 0 aliphatic heterocycles. The fraction of sp³-hybridized carbons (Fsp3) is 0.0667. The molecule has 1 heterocycles. The van der Waals surface area contributed by atoms with Crippen LogP contribution in [0.1, 0.15) is 26.5 Å². The Morgan fingerprint density at radius 2 is 1.73 bits per heavy atom. The zero-order valence-corrected chi connectivity index (χ0v) is 12.9. The van der Waals surface area contributed by atoms with Gasteiger partial charge in [0.15, 0.2) is 0 Å². The van der Waals surface area contributed by atoms with Crippen LogP contribution < -0.4 is 5.32 Å². The maximum Gasteiger partial charge on any atom is 0.231 e. The molecule has 0 radical (unpaired) electrons. The minimum Gasteiger partial charge on any atom is -0.351 e. The van der Waals surface area contributed by atoms with E-state index in [0.717, 1.165) is 5.56 Å². The molecule has 0 fully saturated rings. The minimum absolute atomic E-state index is 0.000823. The highest BCUT2D eigenvalue weighted by atomic mass is 79.9. The van der Waals surface area contributed by atoms with Crippen molar-refractivity contribution in [3.05, 3.63) is 63.5 Å². The first-order valence-corrected chi connectivity index (χ1v) is 7.11. The van der Waals surface area contributed by atoms with Crippen molar-refractivity contribution in [3.8, 4) is 0 Å². The molecule has 22 heavy (non-hydrogen) atoms. The highest BCUT2D eigenvalue weighted by Crippen LogP contribution is 2.29. The van der Waals surface area contributed by atoms with Crippen molar-refractivity contribution in [2.24, 2.45) is 0 Å². The molecule has 3 rings (SSSR count). The average Bonchev–Trinajstić information content (AvgIpc) is 2.52. The monoisotopic (exact) mass is 361 g/mol. The average molecular weight is 362 g/mol. The second-order valence-corrected chi connectivity index (χ2v) is 5.48. The van der Waals surface area contributed by atoms with Gasteiger partial charge in [-0.2, -0.15) is 0 Å². The molecule has 7 heteroatoms. The molecule has 1 aliphatic rings. The second-order valence-electron chi connectivity index (χ2n) is 4.69. The van der Waals surface area contributed by atoms with Crippen molar-refractivity contribution in [2.45, 2.75) is 6.92 Å². The fourth-order valence-electron chi connectivity index (χ4n) is 2.08. The number of ketones is 2. The molecule has 0 saturated carbocycles. The topological polar surface area (TPSA) is 72.0 Å². The summed E-state index contributed by atoms with van der Waals surface area (Å²) in [5.41, 5.74) is 1.14. The standard InChI is InChI=1S/C15H9BrFN3O2/c1-7-2-3-8(17)6-9(7)20-11-10(16)14(21)12-13(15(11)22)19-5-4-18-12/h2-6,20H,1H3. The number of hydrogen-bond acceptors (Lipinski definition) is 5. The first-order chi connectivity index (χ1) is 10.5. The summed E-state index contributed by atoms with van der Waals surface area (Å²) in [7, 11) is 0. The Kier molecular flexibility index (Phi) is 3.58. The Bertz CT molecular complexity index is 848. The van der Waals surface area contributed by atoms with Crippen LogP contribution in [0.4, 0.5) is 10.1 Å². The second kappa shape index (κ2) is 5.42. The van der Waals surface area contributed by atoms with Crippen molar-refractivity contribution >= 4 is 33.2 Å². The molecule has 2 aromatic rings. The van der Waals surface area contributed by atoms with Crippen LogP contribution in [0.5, 0.6) is 0 Å². The number of aromatic nitrogens is 2. The van der Waals surface area contributed by atoms with Crippen molar-refractivity contribution in [1.82, 2.24) is 9.97 Å². The van der Waals surface area contributed by atoms with E-state index in [1.54, 1.807) is 13.0 Å². The molecule has 0 bridgehead atoms. The number of halogens is 2. The van der Waals surface area contributed by atoms with E-state index in [0.29, 0.717) is 5.69 Å². The summed E-state index contributed by atoms with van der Waals surface area (Å²) in [4.78, 5) is 32.5. The first kappa shape index (κ1) is 14.5. The maximum atomic E-state index is 13.4. The lowest BCUT2D eigenvalue weighted by Crippen LogP contribution is -2.26. The zero-order chi connectivity index (χ0) is 15.9. The van der Waals surface area contributed by atoms with Crippen molar-refractivity contribution in [1.29, 1.82) is 0 Å². The molecule has 1 aliphatic carbocycles. The van der Waals surface area contributed by atoms with Gasteiger partial charge < -0.3 is 5.32 Å². The van der Waals surface area contributed by atoms with E-state index in [9.17, 15) is 14.0 Å². The number of hydrogen-bond donors (Lipinski definition) is 1. The first-order valence-electron chi connectivity index (χ1n) is 6.32. The highest BCUT2D eigenvalue weighted by molar-refractivity contribution is 9.12. The molecule has 0 atom stereocenters. The van der Waals surface area contributed by atoms with Gasteiger partial charge in [-0.25, -0.2) is 14.4 Å². The molecule has 0 saturated heterocycles. The third-order valence-corrected chi connectivity index (χ3v) is 3.99. The SMILES string of the molecule is Cc1ccc(F)cc1NC1=C(Br)C(=O)c2nccnc2C1=O. The summed E-state index contributed by atoms with van der Waals surface area (Å²) in [5.74, 6) is -1.36. The quantitative estimate of drug-likeness (QED) is 0.889. The van der Waals surface area contributed by atoms with E-state index in [1.807, 2.05) is 0 Å². The number of rotatable bonds is 2. The Balaban J connectivity index is 2.07. The summed E-state index contributed by atoms with van der Waals surface area (Å²) in [6, 6.07) is 4.15. The molecule has 0 spiro atoms. The van der Waals surface area contributed by atoms with E-state index >= 15 is 0 Å². The molecule has 1 aromatic carbocycles. The summed E-state index contributed by atoms with van der Waals surface area (Å²) in [6.45, 7) is 1.76. The van der Waals surface area contributed by atoms with Gasteiger partial charge in [-0.15, -0.1) is 0 Å². The van der Waals surface area contributed by atoms with Crippen LogP contribution in [0, 0.1) is 12.7 Å². The number of Topliss-reactive ketones (excluding diaryl/α,β-unsaturated/α-hetero) is 2. The lowest BCUT2D eigenvalue weighted by molar-refractivity contribution is 0.0975. The Morgan fingerprint density at radius 3 is 2.41 bits per heavy atom. The van der Waals surface area contributed by atoms with Crippen molar-refractivity contribution in [3.63, 3.8) is 0 Å². The predicted octanol–water partition coefficient (Wildman–Crippen LogP) is 3.02. The van der Waals surface area contributed by atoms with Gasteiger partial charge >= 0.3 is 0 Å². The molecule has 1 N–H and O–H groups in total. The number of benzene rings is 1. The number of fused-ring (bicyclic) bond motifs is 1.